The van der Waals surface area contributed by atoms with E-state index in [1.54, 1.807) is 24.1 Å². The van der Waals surface area contributed by atoms with Gasteiger partial charge in [0.2, 0.25) is 15.9 Å². The maximum absolute atomic E-state index is 13.2. The topological polar surface area (TPSA) is 108 Å². The first-order chi connectivity index (χ1) is 20.2. The maximum atomic E-state index is 13.2. The van der Waals surface area contributed by atoms with Crippen LogP contribution in [-0.4, -0.2) is 75.4 Å². The van der Waals surface area contributed by atoms with Crippen LogP contribution in [0.1, 0.15) is 69.4 Å². The minimum Gasteiger partial charge on any atom is -0.383 e. The predicted molar refractivity (Wildman–Crippen MR) is 159 cm³/mol. The van der Waals surface area contributed by atoms with E-state index in [4.69, 9.17) is 9.73 Å². The summed E-state index contributed by atoms with van der Waals surface area (Å²) in [6, 6.07) is 5.37. The van der Waals surface area contributed by atoms with Crippen molar-refractivity contribution in [1.29, 1.82) is 0 Å². The fraction of sp³-hybridized carbons (Fsp3) is 0.633. The number of halogens is 3. The van der Waals surface area contributed by atoms with Crippen LogP contribution in [0.2, 0.25) is 0 Å². The second kappa shape index (κ2) is 13.5. The fourth-order valence-corrected chi connectivity index (χ4v) is 7.37. The average Bonchev–Trinajstić information content (AvgIpc) is 3.26. The van der Waals surface area contributed by atoms with E-state index in [1.807, 2.05) is 13.0 Å². The van der Waals surface area contributed by atoms with Gasteiger partial charge in [0.25, 0.3) is 5.91 Å². The van der Waals surface area contributed by atoms with Gasteiger partial charge in [-0.05, 0) is 87.1 Å². The van der Waals surface area contributed by atoms with Crippen molar-refractivity contribution in [2.24, 2.45) is 16.8 Å². The summed E-state index contributed by atoms with van der Waals surface area (Å²) in [7, 11) is -2.19. The molecule has 4 rings (SSSR count). The van der Waals surface area contributed by atoms with Gasteiger partial charge < -0.3 is 15.0 Å². The number of aliphatic imine (C=N–C) groups is 1. The third-order valence-corrected chi connectivity index (χ3v) is 10.4. The lowest BCUT2D eigenvalue weighted by Crippen LogP contribution is -2.50. The Morgan fingerprint density at radius 2 is 1.88 bits per heavy atom. The maximum Gasteiger partial charge on any atom is 0.389 e. The van der Waals surface area contributed by atoms with E-state index in [0.29, 0.717) is 55.9 Å². The number of piperidine rings is 1. The quantitative estimate of drug-likeness (QED) is 0.401. The Hall–Kier alpha value is -2.77. The van der Waals surface area contributed by atoms with Gasteiger partial charge in [-0.2, -0.15) is 17.5 Å². The molecule has 1 aliphatic carbocycles. The van der Waals surface area contributed by atoms with Gasteiger partial charge in [0.15, 0.2) is 0 Å². The molecule has 0 atom stereocenters. The van der Waals surface area contributed by atoms with E-state index < -0.39 is 28.2 Å². The molecule has 1 saturated carbocycles. The van der Waals surface area contributed by atoms with Crippen molar-refractivity contribution in [2.75, 3.05) is 38.3 Å². The van der Waals surface area contributed by atoms with Crippen molar-refractivity contribution < 1.29 is 35.9 Å². The van der Waals surface area contributed by atoms with Crippen LogP contribution < -0.4 is 10.2 Å². The molecule has 2 aliphatic heterocycles. The van der Waals surface area contributed by atoms with E-state index >= 15 is 0 Å². The van der Waals surface area contributed by atoms with E-state index in [9.17, 15) is 31.2 Å². The van der Waals surface area contributed by atoms with E-state index in [-0.39, 0.29) is 56.0 Å². The van der Waals surface area contributed by atoms with Crippen LogP contribution in [0.5, 0.6) is 0 Å². The summed E-state index contributed by atoms with van der Waals surface area (Å²) in [6.07, 6.45) is -0.00690. The Kier molecular flexibility index (Phi) is 10.4. The molecule has 1 N–H and O–H groups in total. The molecule has 2 fully saturated rings. The Balaban J connectivity index is 1.35. The molecular weight excluding hydrogens is 585 g/mol. The van der Waals surface area contributed by atoms with E-state index in [0.717, 1.165) is 5.56 Å². The Morgan fingerprint density at radius 1 is 1.21 bits per heavy atom. The molecule has 1 aromatic carbocycles. The van der Waals surface area contributed by atoms with Crippen molar-refractivity contribution in [3.63, 3.8) is 0 Å². The number of alkyl halides is 3. The van der Waals surface area contributed by atoms with Gasteiger partial charge in [-0.25, -0.2) is 8.42 Å². The zero-order valence-corrected chi connectivity index (χ0v) is 25.8. The summed E-state index contributed by atoms with van der Waals surface area (Å²) in [5, 5.41) is 4.08. The normalized spacial score (nSPS) is 23.0. The van der Waals surface area contributed by atoms with Gasteiger partial charge >= 0.3 is 6.18 Å². The highest BCUT2D eigenvalue weighted by Crippen LogP contribution is 2.38. The third-order valence-electron chi connectivity index (χ3n) is 8.86. The summed E-state index contributed by atoms with van der Waals surface area (Å²) in [5.41, 5.74) is 1.21. The molecule has 0 bridgehead atoms. The highest BCUT2D eigenvalue weighted by atomic mass is 32.2. The first kappa shape index (κ1) is 33.1. The molecule has 0 radical (unpaired) electrons. The second-order valence-electron chi connectivity index (χ2n) is 11.8. The van der Waals surface area contributed by atoms with Crippen molar-refractivity contribution in [3.05, 3.63) is 34.7 Å². The number of hydrogen-bond donors (Lipinski definition) is 1. The van der Waals surface area contributed by atoms with Crippen molar-refractivity contribution >= 4 is 39.4 Å². The SMILES string of the molecule is COCCN(C(C)=O)c1ccc(C=CS(=O)(=O)N2CCC3(CC2)N=C(C2CCC(CCC(F)(F)F)CC2)NC3=O)c(C)c1. The molecule has 3 aliphatic rings. The number of methoxy groups -OCH3 is 1. The summed E-state index contributed by atoms with van der Waals surface area (Å²) in [5.74, 6) is 0.288. The summed E-state index contributed by atoms with van der Waals surface area (Å²) in [6.45, 7) is 4.41. The summed E-state index contributed by atoms with van der Waals surface area (Å²) < 4.78 is 70.5. The van der Waals surface area contributed by atoms with E-state index in [2.05, 4.69) is 5.32 Å². The number of amides is 2. The number of nitrogens with one attached hydrogen (secondary N) is 1. The largest absolute Gasteiger partial charge is 0.389 e. The van der Waals surface area contributed by atoms with E-state index in [1.165, 1.54) is 22.7 Å². The smallest absolute Gasteiger partial charge is 0.383 e. The number of aryl methyl sites for hydroxylation is 1. The number of rotatable bonds is 10. The zero-order valence-electron chi connectivity index (χ0n) is 25.0. The molecule has 9 nitrogen and oxygen atoms in total. The summed E-state index contributed by atoms with van der Waals surface area (Å²) in [4.78, 5) is 31.4. The lowest BCUT2D eigenvalue weighted by atomic mass is 9.79. The van der Waals surface area contributed by atoms with Crippen LogP contribution in [-0.2, 0) is 24.3 Å². The van der Waals surface area contributed by atoms with Gasteiger partial charge in [0.05, 0.1) is 6.61 Å². The molecule has 1 saturated heterocycles. The van der Waals surface area contributed by atoms with Crippen LogP contribution in [0, 0.1) is 18.8 Å². The number of hydrogen-bond acceptors (Lipinski definition) is 6. The fourth-order valence-electron chi connectivity index (χ4n) is 6.19. The first-order valence-electron chi connectivity index (χ1n) is 14.8. The molecule has 238 valence electrons. The molecule has 0 aromatic heterocycles. The van der Waals surface area contributed by atoms with Crippen molar-refractivity contribution in [2.45, 2.75) is 76.9 Å². The molecule has 13 heteroatoms. The van der Waals surface area contributed by atoms with Gasteiger partial charge in [0.1, 0.15) is 11.4 Å². The van der Waals surface area contributed by atoms with Crippen LogP contribution >= 0.6 is 0 Å². The van der Waals surface area contributed by atoms with Crippen LogP contribution in [0.25, 0.3) is 6.08 Å². The molecule has 2 amide bonds. The average molecular weight is 627 g/mol. The number of nitrogens with zero attached hydrogens (tertiary/aromatic N) is 3. The Bertz CT molecular complexity index is 1350. The lowest BCUT2D eigenvalue weighted by Gasteiger charge is -2.34. The monoisotopic (exact) mass is 626 g/mol. The second-order valence-corrected chi connectivity index (χ2v) is 13.6. The molecule has 43 heavy (non-hydrogen) atoms. The number of carbonyl (C=O) groups is 2. The standard InChI is InChI=1S/C30H41F3N4O5S/c1-21-20-26(37(22(2)38)17-18-42-3)9-8-24(21)11-19-43(40,41)36-15-13-29(14-16-36)28(39)34-27(35-29)25-6-4-23(5-7-25)10-12-30(31,32)33/h8-9,11,19-20,23,25H,4-7,10,12-18H2,1-3H3,(H,34,35,39). The van der Waals surface area contributed by atoms with Gasteiger partial charge in [-0.15, -0.1) is 0 Å². The third kappa shape index (κ3) is 8.24. The lowest BCUT2D eigenvalue weighted by molar-refractivity contribution is -0.138. The number of amidine groups is 1. The highest BCUT2D eigenvalue weighted by molar-refractivity contribution is 7.92. The number of ether oxygens (including phenoxy) is 1. The van der Waals surface area contributed by atoms with Crippen molar-refractivity contribution in [3.8, 4) is 0 Å². The molecular formula is C30H41F3N4O5S. The van der Waals surface area contributed by atoms with Gasteiger partial charge in [-0.3, -0.25) is 14.6 Å². The van der Waals surface area contributed by atoms with Crippen LogP contribution in [0.15, 0.2) is 28.6 Å². The van der Waals surface area contributed by atoms with Crippen LogP contribution in [0.3, 0.4) is 0 Å². The van der Waals surface area contributed by atoms with Crippen molar-refractivity contribution in [1.82, 2.24) is 9.62 Å². The molecule has 1 spiro atoms. The Labute approximate surface area is 251 Å². The number of benzene rings is 1. The predicted octanol–water partition coefficient (Wildman–Crippen LogP) is 4.81. The zero-order chi connectivity index (χ0) is 31.4. The number of carbonyl (C=O) groups excluding carboxylic acids is 2. The van der Waals surface area contributed by atoms with Crippen LogP contribution in [0.4, 0.5) is 18.9 Å². The Morgan fingerprint density at radius 3 is 2.47 bits per heavy atom. The summed E-state index contributed by atoms with van der Waals surface area (Å²) >= 11 is 0. The molecule has 1 aromatic rings. The van der Waals surface area contributed by atoms with Gasteiger partial charge in [-0.1, -0.05) is 6.07 Å². The minimum atomic E-state index is -4.14. The van der Waals surface area contributed by atoms with Gasteiger partial charge in [0, 0.05) is 57.1 Å². The minimum absolute atomic E-state index is 0.00675. The highest BCUT2D eigenvalue weighted by Gasteiger charge is 2.48. The number of sulfonamides is 1. The number of anilines is 1. The molecule has 2 heterocycles. The molecule has 0 unspecified atom stereocenters. The first-order valence-corrected chi connectivity index (χ1v) is 16.3.